The fourth-order valence-electron chi connectivity index (χ4n) is 2.35. The maximum absolute atomic E-state index is 12.6. The maximum Gasteiger partial charge on any atom is 0.280 e. The number of nitrogens with two attached hydrogens (primary N) is 1. The smallest absolute Gasteiger partial charge is 0.280 e. The molecule has 0 saturated heterocycles. The standard InChI is InChI=1S/C15H11N3O2S/c16-15(21)17-18-13(19)11-7-3-1-5-9(11)10-6-2-4-8-12(10)14(18)20/h1-8H,(H3,16,17,21). The van der Waals surface area contributed by atoms with Gasteiger partial charge >= 0.3 is 0 Å². The number of fused-ring (bicyclic) bond motifs is 3. The zero-order valence-electron chi connectivity index (χ0n) is 10.9. The van der Waals surface area contributed by atoms with Gasteiger partial charge < -0.3 is 5.73 Å². The molecule has 1 aromatic heterocycles. The minimum absolute atomic E-state index is 0.145. The Kier molecular flexibility index (Phi) is 3.15. The Labute approximate surface area is 124 Å². The zero-order valence-corrected chi connectivity index (χ0v) is 11.7. The molecule has 0 saturated carbocycles. The fraction of sp³-hybridized carbons (Fsp3) is 0. The molecular formula is C15H11N3O2S. The highest BCUT2D eigenvalue weighted by Crippen LogP contribution is 2.18. The van der Waals surface area contributed by atoms with E-state index in [4.69, 9.17) is 18.0 Å². The van der Waals surface area contributed by atoms with E-state index >= 15 is 0 Å². The van der Waals surface area contributed by atoms with Crippen molar-refractivity contribution in [2.75, 3.05) is 5.43 Å². The van der Waals surface area contributed by atoms with E-state index in [2.05, 4.69) is 5.43 Å². The van der Waals surface area contributed by atoms with Crippen LogP contribution in [0.1, 0.15) is 0 Å². The Morgan fingerprint density at radius 3 is 1.62 bits per heavy atom. The van der Waals surface area contributed by atoms with Gasteiger partial charge in [0.15, 0.2) is 5.11 Å². The molecule has 1 heterocycles. The number of nitrogens with zero attached hydrogens (tertiary/aromatic N) is 1. The minimum Gasteiger partial charge on any atom is -0.375 e. The molecule has 3 aromatic rings. The van der Waals surface area contributed by atoms with E-state index in [0.29, 0.717) is 21.5 Å². The number of aromatic nitrogens is 1. The number of nitrogens with one attached hydrogen (secondary N) is 1. The third kappa shape index (κ3) is 2.15. The summed E-state index contributed by atoms with van der Waals surface area (Å²) in [6.45, 7) is 0. The van der Waals surface area contributed by atoms with Gasteiger partial charge in [0.05, 0.1) is 0 Å². The van der Waals surface area contributed by atoms with E-state index in [1.165, 1.54) is 0 Å². The lowest BCUT2D eigenvalue weighted by atomic mass is 10.1. The van der Waals surface area contributed by atoms with Gasteiger partial charge in [-0.15, -0.1) is 0 Å². The van der Waals surface area contributed by atoms with Gasteiger partial charge in [-0.2, -0.15) is 4.68 Å². The van der Waals surface area contributed by atoms with Gasteiger partial charge in [0.1, 0.15) is 0 Å². The average Bonchev–Trinajstić information content (AvgIpc) is 2.58. The molecule has 5 nitrogen and oxygen atoms in total. The van der Waals surface area contributed by atoms with E-state index in [1.54, 1.807) is 24.3 Å². The average molecular weight is 297 g/mol. The predicted octanol–water partition coefficient (Wildman–Crippen LogP) is 1.30. The van der Waals surface area contributed by atoms with Crippen molar-refractivity contribution in [3.8, 4) is 0 Å². The topological polar surface area (TPSA) is 77.1 Å². The van der Waals surface area contributed by atoms with Crippen LogP contribution in [0.3, 0.4) is 0 Å². The van der Waals surface area contributed by atoms with Crippen molar-refractivity contribution in [2.24, 2.45) is 5.73 Å². The van der Waals surface area contributed by atoms with E-state index in [9.17, 15) is 9.59 Å². The van der Waals surface area contributed by atoms with Gasteiger partial charge in [-0.1, -0.05) is 36.4 Å². The molecular weight excluding hydrogens is 286 g/mol. The minimum atomic E-state index is -0.486. The third-order valence-electron chi connectivity index (χ3n) is 3.23. The maximum atomic E-state index is 12.6. The molecule has 0 fully saturated rings. The molecule has 0 unspecified atom stereocenters. The molecule has 3 rings (SSSR count). The lowest BCUT2D eigenvalue weighted by Crippen LogP contribution is -2.42. The van der Waals surface area contributed by atoms with Crippen molar-refractivity contribution < 1.29 is 0 Å². The van der Waals surface area contributed by atoms with Gasteiger partial charge in [0.25, 0.3) is 11.1 Å². The summed E-state index contributed by atoms with van der Waals surface area (Å²) in [5, 5.41) is 2.10. The van der Waals surface area contributed by atoms with Crippen LogP contribution in [0.5, 0.6) is 0 Å². The molecule has 3 N–H and O–H groups in total. The van der Waals surface area contributed by atoms with Crippen molar-refractivity contribution >= 4 is 38.9 Å². The second-order valence-corrected chi connectivity index (χ2v) is 4.95. The molecule has 104 valence electrons. The van der Waals surface area contributed by atoms with Crippen molar-refractivity contribution in [1.29, 1.82) is 0 Å². The molecule has 0 aliphatic rings. The monoisotopic (exact) mass is 297 g/mol. The fourth-order valence-corrected chi connectivity index (χ4v) is 2.45. The first kappa shape index (κ1) is 13.3. The lowest BCUT2D eigenvalue weighted by molar-refractivity contribution is 0.900. The molecule has 0 radical (unpaired) electrons. The normalized spacial score (nSPS) is 10.7. The highest BCUT2D eigenvalue weighted by atomic mass is 32.1. The number of hydrogen-bond acceptors (Lipinski definition) is 3. The highest BCUT2D eigenvalue weighted by Gasteiger charge is 2.10. The molecule has 6 heteroatoms. The summed E-state index contributed by atoms with van der Waals surface area (Å²) in [5.41, 5.74) is 6.89. The Bertz CT molecular complexity index is 923. The van der Waals surface area contributed by atoms with Gasteiger partial charge in [-0.05, 0) is 35.1 Å². The molecule has 0 amide bonds. The van der Waals surface area contributed by atoms with E-state index in [-0.39, 0.29) is 5.11 Å². The Morgan fingerprint density at radius 1 is 0.857 bits per heavy atom. The summed E-state index contributed by atoms with van der Waals surface area (Å²) in [6, 6.07) is 14.1. The Hall–Kier alpha value is -2.73. The number of rotatable bonds is 1. The van der Waals surface area contributed by atoms with Gasteiger partial charge in [0.2, 0.25) is 0 Å². The molecule has 21 heavy (non-hydrogen) atoms. The summed E-state index contributed by atoms with van der Waals surface area (Å²) in [6.07, 6.45) is 0. The predicted molar refractivity (Wildman–Crippen MR) is 88.1 cm³/mol. The lowest BCUT2D eigenvalue weighted by Gasteiger charge is -2.03. The highest BCUT2D eigenvalue weighted by molar-refractivity contribution is 7.80. The Morgan fingerprint density at radius 2 is 1.24 bits per heavy atom. The summed E-state index contributed by atoms with van der Waals surface area (Å²) in [5.74, 6) is 0. The number of hydrogen-bond donors (Lipinski definition) is 2. The number of benzene rings is 2. The summed E-state index contributed by atoms with van der Waals surface area (Å²) >= 11 is 4.74. The van der Waals surface area contributed by atoms with Crippen LogP contribution in [-0.2, 0) is 0 Å². The second kappa shape index (κ2) is 4.99. The van der Waals surface area contributed by atoms with Crippen molar-refractivity contribution in [3.05, 3.63) is 69.2 Å². The van der Waals surface area contributed by atoms with Crippen LogP contribution in [0, 0.1) is 0 Å². The van der Waals surface area contributed by atoms with Crippen molar-refractivity contribution in [1.82, 2.24) is 4.68 Å². The molecule has 2 aromatic carbocycles. The first-order valence-electron chi connectivity index (χ1n) is 6.23. The zero-order chi connectivity index (χ0) is 15.0. The SMILES string of the molecule is NC(=S)Nn1c(=O)c2ccccc2c2ccccc2c1=O. The van der Waals surface area contributed by atoms with E-state index in [0.717, 1.165) is 4.68 Å². The van der Waals surface area contributed by atoms with Crippen molar-refractivity contribution in [3.63, 3.8) is 0 Å². The van der Waals surface area contributed by atoms with Crippen LogP contribution in [0.4, 0.5) is 0 Å². The molecule has 0 atom stereocenters. The van der Waals surface area contributed by atoms with Gasteiger partial charge in [-0.3, -0.25) is 15.0 Å². The first-order chi connectivity index (χ1) is 10.1. The largest absolute Gasteiger partial charge is 0.375 e. The molecule has 0 bridgehead atoms. The quantitative estimate of drug-likeness (QED) is 0.662. The van der Waals surface area contributed by atoms with Crippen LogP contribution < -0.4 is 22.3 Å². The summed E-state index contributed by atoms with van der Waals surface area (Å²) in [7, 11) is 0. The molecule has 0 spiro atoms. The van der Waals surface area contributed by atoms with Crippen molar-refractivity contribution in [2.45, 2.75) is 0 Å². The van der Waals surface area contributed by atoms with Gasteiger partial charge in [0, 0.05) is 10.8 Å². The van der Waals surface area contributed by atoms with Crippen LogP contribution in [0.15, 0.2) is 58.1 Å². The van der Waals surface area contributed by atoms with E-state index < -0.39 is 11.1 Å². The summed E-state index contributed by atoms with van der Waals surface area (Å²) < 4.78 is 0.854. The van der Waals surface area contributed by atoms with Crippen LogP contribution >= 0.6 is 12.2 Å². The summed E-state index contributed by atoms with van der Waals surface area (Å²) in [4.78, 5) is 25.2. The first-order valence-corrected chi connectivity index (χ1v) is 6.63. The Balaban J connectivity index is 2.68. The third-order valence-corrected chi connectivity index (χ3v) is 3.32. The van der Waals surface area contributed by atoms with Crippen LogP contribution in [0.2, 0.25) is 0 Å². The van der Waals surface area contributed by atoms with E-state index in [1.807, 2.05) is 24.3 Å². The van der Waals surface area contributed by atoms with Crippen LogP contribution in [0.25, 0.3) is 21.5 Å². The second-order valence-electron chi connectivity index (χ2n) is 4.51. The molecule has 0 aliphatic heterocycles. The van der Waals surface area contributed by atoms with Gasteiger partial charge in [-0.25, -0.2) is 0 Å². The number of thiocarbonyl (C=S) groups is 1. The molecule has 0 aliphatic carbocycles. The van der Waals surface area contributed by atoms with Crippen LogP contribution in [-0.4, -0.2) is 9.79 Å².